The lowest BCUT2D eigenvalue weighted by Gasteiger charge is -2.42. The molecule has 20 heavy (non-hydrogen) atoms. The number of aryl methyl sites for hydroxylation is 1. The zero-order valence-electron chi connectivity index (χ0n) is 11.1. The second-order valence-corrected chi connectivity index (χ2v) is 5.01. The molecular weight excluding hydrogens is 271 g/mol. The molecule has 0 atom stereocenters. The van der Waals surface area contributed by atoms with Crippen LogP contribution in [0.15, 0.2) is 24.9 Å². The van der Waals surface area contributed by atoms with Crippen LogP contribution in [-0.4, -0.2) is 32.8 Å². The van der Waals surface area contributed by atoms with Crippen LogP contribution in [0.4, 0.5) is 13.2 Å². The molecule has 0 spiro atoms. The summed E-state index contributed by atoms with van der Waals surface area (Å²) in [6.45, 7) is 3.61. The highest BCUT2D eigenvalue weighted by atomic mass is 19.4. The van der Waals surface area contributed by atoms with Crippen molar-refractivity contribution < 1.29 is 18.0 Å². The van der Waals surface area contributed by atoms with E-state index in [0.717, 1.165) is 6.08 Å². The molecule has 0 N–H and O–H groups in total. The molecule has 1 amide bonds. The maximum absolute atomic E-state index is 12.5. The number of hydrogen-bond donors (Lipinski definition) is 0. The molecule has 1 aromatic rings. The summed E-state index contributed by atoms with van der Waals surface area (Å²) in [5.41, 5.74) is 0.651. The van der Waals surface area contributed by atoms with E-state index in [1.807, 2.05) is 0 Å². The molecule has 4 nitrogen and oxygen atoms in total. The van der Waals surface area contributed by atoms with Gasteiger partial charge in [0.15, 0.2) is 0 Å². The molecule has 1 aromatic heterocycles. The van der Waals surface area contributed by atoms with Crippen molar-refractivity contribution in [1.82, 2.24) is 14.7 Å². The Morgan fingerprint density at radius 1 is 1.60 bits per heavy atom. The van der Waals surface area contributed by atoms with Crippen molar-refractivity contribution in [3.63, 3.8) is 0 Å². The number of rotatable bonds is 4. The third-order valence-electron chi connectivity index (χ3n) is 3.58. The molecule has 0 aromatic carbocycles. The Morgan fingerprint density at radius 3 is 2.70 bits per heavy atom. The fourth-order valence-corrected chi connectivity index (χ4v) is 2.34. The van der Waals surface area contributed by atoms with Crippen molar-refractivity contribution >= 4 is 5.91 Å². The number of aromatic nitrogens is 2. The van der Waals surface area contributed by atoms with Crippen LogP contribution in [0.5, 0.6) is 0 Å². The van der Waals surface area contributed by atoms with Gasteiger partial charge in [-0.05, 0) is 25.0 Å². The third kappa shape index (κ3) is 3.02. The summed E-state index contributed by atoms with van der Waals surface area (Å²) < 4.78 is 39.1. The summed E-state index contributed by atoms with van der Waals surface area (Å²) in [5, 5.41) is 4.14. The lowest BCUT2D eigenvalue weighted by molar-refractivity contribution is -0.207. The highest BCUT2D eigenvalue weighted by Gasteiger charge is 2.50. The van der Waals surface area contributed by atoms with Gasteiger partial charge < -0.3 is 4.90 Å². The molecule has 7 heteroatoms. The Balaban J connectivity index is 2.03. The Morgan fingerprint density at radius 2 is 2.25 bits per heavy atom. The van der Waals surface area contributed by atoms with Gasteiger partial charge in [-0.25, -0.2) is 0 Å². The second kappa shape index (κ2) is 5.30. The molecule has 0 saturated heterocycles. The lowest BCUT2D eigenvalue weighted by Crippen LogP contribution is -2.50. The largest absolute Gasteiger partial charge is 0.391 e. The van der Waals surface area contributed by atoms with Gasteiger partial charge in [0, 0.05) is 19.3 Å². The van der Waals surface area contributed by atoms with Crippen LogP contribution in [-0.2, 0) is 18.4 Å². The minimum absolute atomic E-state index is 0.0457. The van der Waals surface area contributed by atoms with Crippen LogP contribution in [0.1, 0.15) is 18.5 Å². The molecule has 1 aliphatic carbocycles. The number of halogens is 3. The van der Waals surface area contributed by atoms with Gasteiger partial charge in [-0.3, -0.25) is 9.48 Å². The maximum Gasteiger partial charge on any atom is 0.391 e. The quantitative estimate of drug-likeness (QED) is 0.797. The topological polar surface area (TPSA) is 38.1 Å². The normalized spacial score (nSPS) is 22.2. The highest BCUT2D eigenvalue weighted by molar-refractivity contribution is 5.87. The molecule has 1 fully saturated rings. The number of carbonyl (C=O) groups is 1. The van der Waals surface area contributed by atoms with E-state index in [9.17, 15) is 18.0 Å². The fraction of sp³-hybridized carbons (Fsp3) is 0.538. The molecule has 0 aliphatic heterocycles. The summed E-state index contributed by atoms with van der Waals surface area (Å²) in [4.78, 5) is 13.2. The number of amides is 1. The number of hydrogen-bond acceptors (Lipinski definition) is 2. The Bertz CT molecular complexity index is 503. The zero-order valence-corrected chi connectivity index (χ0v) is 11.1. The van der Waals surface area contributed by atoms with Gasteiger partial charge in [0.1, 0.15) is 0 Å². The first-order valence-electron chi connectivity index (χ1n) is 6.29. The zero-order chi connectivity index (χ0) is 14.9. The van der Waals surface area contributed by atoms with E-state index in [-0.39, 0.29) is 25.3 Å². The minimum atomic E-state index is -4.18. The van der Waals surface area contributed by atoms with Gasteiger partial charge in [-0.1, -0.05) is 6.58 Å². The van der Waals surface area contributed by atoms with Gasteiger partial charge in [-0.2, -0.15) is 18.3 Å². The molecule has 110 valence electrons. The number of nitrogens with zero attached hydrogens (tertiary/aromatic N) is 3. The molecule has 1 heterocycles. The van der Waals surface area contributed by atoms with Crippen LogP contribution in [0, 0.1) is 5.92 Å². The third-order valence-corrected chi connectivity index (χ3v) is 3.58. The fourth-order valence-electron chi connectivity index (χ4n) is 2.34. The van der Waals surface area contributed by atoms with Crippen molar-refractivity contribution in [2.75, 3.05) is 0 Å². The average molecular weight is 287 g/mol. The van der Waals surface area contributed by atoms with Crippen LogP contribution < -0.4 is 0 Å². The van der Waals surface area contributed by atoms with Crippen LogP contribution in [0.2, 0.25) is 0 Å². The van der Waals surface area contributed by atoms with E-state index in [1.54, 1.807) is 24.0 Å². The van der Waals surface area contributed by atoms with Crippen LogP contribution in [0.3, 0.4) is 0 Å². The van der Waals surface area contributed by atoms with Crippen molar-refractivity contribution in [3.05, 3.63) is 30.6 Å². The Kier molecular flexibility index (Phi) is 3.87. The van der Waals surface area contributed by atoms with Crippen molar-refractivity contribution in [2.45, 2.75) is 31.6 Å². The van der Waals surface area contributed by atoms with Crippen LogP contribution in [0.25, 0.3) is 0 Å². The van der Waals surface area contributed by atoms with E-state index in [0.29, 0.717) is 5.69 Å². The van der Waals surface area contributed by atoms with Crippen molar-refractivity contribution in [3.8, 4) is 0 Å². The van der Waals surface area contributed by atoms with E-state index in [1.165, 1.54) is 4.90 Å². The standard InChI is InChI=1S/C13H16F3N3O/c1-3-12(20)19(8-10-4-5-18(2)17-10)11-6-9(7-11)13(14,15)16/h3-5,9,11H,1,6-8H2,2H3. The summed E-state index contributed by atoms with van der Waals surface area (Å²) >= 11 is 0. The Labute approximate surface area is 114 Å². The summed E-state index contributed by atoms with van der Waals surface area (Å²) in [5.74, 6) is -1.67. The molecule has 1 saturated carbocycles. The van der Waals surface area contributed by atoms with Crippen molar-refractivity contribution in [1.29, 1.82) is 0 Å². The van der Waals surface area contributed by atoms with Crippen molar-refractivity contribution in [2.24, 2.45) is 13.0 Å². The summed E-state index contributed by atoms with van der Waals surface area (Å²) in [6.07, 6.45) is -1.41. The van der Waals surface area contributed by atoms with Gasteiger partial charge in [0.05, 0.1) is 18.2 Å². The molecule has 0 bridgehead atoms. The molecule has 2 rings (SSSR count). The van der Waals surface area contributed by atoms with E-state index < -0.39 is 18.1 Å². The van der Waals surface area contributed by atoms with Gasteiger partial charge in [0.25, 0.3) is 0 Å². The first-order valence-corrected chi connectivity index (χ1v) is 6.29. The number of carbonyl (C=O) groups excluding carboxylic acids is 1. The van der Waals surface area contributed by atoms with Gasteiger partial charge in [-0.15, -0.1) is 0 Å². The van der Waals surface area contributed by atoms with E-state index >= 15 is 0 Å². The monoisotopic (exact) mass is 287 g/mol. The predicted octanol–water partition coefficient (Wildman–Crippen LogP) is 2.28. The van der Waals surface area contributed by atoms with Crippen LogP contribution >= 0.6 is 0 Å². The van der Waals surface area contributed by atoms with E-state index in [2.05, 4.69) is 11.7 Å². The summed E-state index contributed by atoms with van der Waals surface area (Å²) in [6, 6.07) is 1.35. The smallest absolute Gasteiger partial charge is 0.330 e. The van der Waals surface area contributed by atoms with Gasteiger partial charge in [0.2, 0.25) is 5.91 Å². The Hall–Kier alpha value is -1.79. The second-order valence-electron chi connectivity index (χ2n) is 5.01. The highest BCUT2D eigenvalue weighted by Crippen LogP contribution is 2.43. The molecule has 0 radical (unpaired) electrons. The molecule has 1 aliphatic rings. The average Bonchev–Trinajstić information content (AvgIpc) is 2.69. The maximum atomic E-state index is 12.5. The van der Waals surface area contributed by atoms with Gasteiger partial charge >= 0.3 is 6.18 Å². The molecular formula is C13H16F3N3O. The molecule has 0 unspecified atom stereocenters. The first-order chi connectivity index (χ1) is 9.31. The minimum Gasteiger partial charge on any atom is -0.330 e. The SMILES string of the molecule is C=CC(=O)N(Cc1ccn(C)n1)C1CC(C(F)(F)F)C1. The first kappa shape index (κ1) is 14.6. The summed E-state index contributed by atoms with van der Waals surface area (Å²) in [7, 11) is 1.74. The van der Waals surface area contributed by atoms with E-state index in [4.69, 9.17) is 0 Å². The predicted molar refractivity (Wildman–Crippen MR) is 66.5 cm³/mol. The lowest BCUT2D eigenvalue weighted by atomic mass is 9.78. The number of alkyl halides is 3.